The standard InChI is InChI=1S/C8H11NSSi/c1-11(2,3)8-4-5-10-7(8)6-9/h4-5H,1-3H3. The molecule has 1 heterocycles. The van der Waals surface area contributed by atoms with E-state index in [4.69, 9.17) is 5.26 Å². The van der Waals surface area contributed by atoms with Crippen LogP contribution in [0.1, 0.15) is 4.88 Å². The Kier molecular flexibility index (Phi) is 2.17. The molecular weight excluding hydrogens is 170 g/mol. The maximum atomic E-state index is 8.75. The molecule has 0 bridgehead atoms. The Bertz CT molecular complexity index is 290. The lowest BCUT2D eigenvalue weighted by atomic mass is 10.5. The van der Waals surface area contributed by atoms with E-state index in [0.717, 1.165) is 4.88 Å². The van der Waals surface area contributed by atoms with E-state index in [0.29, 0.717) is 0 Å². The normalized spacial score (nSPS) is 11.1. The molecule has 0 fully saturated rings. The molecule has 1 aromatic rings. The highest BCUT2D eigenvalue weighted by Gasteiger charge is 2.20. The van der Waals surface area contributed by atoms with Crippen LogP contribution in [0.25, 0.3) is 0 Å². The van der Waals surface area contributed by atoms with Gasteiger partial charge in [0.1, 0.15) is 10.9 Å². The molecular formula is C8H11NSSi. The van der Waals surface area contributed by atoms with Crippen molar-refractivity contribution in [3.05, 3.63) is 16.3 Å². The van der Waals surface area contributed by atoms with Gasteiger partial charge >= 0.3 is 0 Å². The van der Waals surface area contributed by atoms with Crippen LogP contribution in [0.4, 0.5) is 0 Å². The van der Waals surface area contributed by atoms with E-state index in [1.165, 1.54) is 5.19 Å². The van der Waals surface area contributed by atoms with Gasteiger partial charge in [-0.05, 0) is 10.6 Å². The van der Waals surface area contributed by atoms with Gasteiger partial charge in [0.15, 0.2) is 0 Å². The van der Waals surface area contributed by atoms with E-state index in [2.05, 4.69) is 31.8 Å². The molecule has 0 aromatic carbocycles. The van der Waals surface area contributed by atoms with Crippen molar-refractivity contribution in [2.24, 2.45) is 0 Å². The number of thiophene rings is 1. The predicted molar refractivity (Wildman–Crippen MR) is 52.0 cm³/mol. The molecule has 1 rings (SSSR count). The first-order valence-electron chi connectivity index (χ1n) is 3.54. The van der Waals surface area contributed by atoms with Crippen molar-refractivity contribution in [3.63, 3.8) is 0 Å². The molecule has 11 heavy (non-hydrogen) atoms. The van der Waals surface area contributed by atoms with Crippen molar-refractivity contribution in [3.8, 4) is 6.07 Å². The topological polar surface area (TPSA) is 23.8 Å². The lowest BCUT2D eigenvalue weighted by Crippen LogP contribution is -2.37. The molecule has 0 saturated heterocycles. The SMILES string of the molecule is C[Si](C)(C)c1ccsc1C#N. The monoisotopic (exact) mass is 181 g/mol. The van der Waals surface area contributed by atoms with Crippen molar-refractivity contribution >= 4 is 24.6 Å². The zero-order valence-electron chi connectivity index (χ0n) is 7.01. The first-order valence-corrected chi connectivity index (χ1v) is 7.92. The van der Waals surface area contributed by atoms with E-state index in [9.17, 15) is 0 Å². The van der Waals surface area contributed by atoms with Gasteiger partial charge in [0, 0.05) is 0 Å². The Balaban J connectivity index is 3.15. The number of hydrogen-bond acceptors (Lipinski definition) is 2. The molecule has 0 aliphatic heterocycles. The maximum Gasteiger partial charge on any atom is 0.110 e. The van der Waals surface area contributed by atoms with E-state index >= 15 is 0 Å². The summed E-state index contributed by atoms with van der Waals surface area (Å²) in [5.74, 6) is 0. The Hall–Kier alpha value is -0.593. The van der Waals surface area contributed by atoms with E-state index in [1.807, 2.05) is 5.38 Å². The van der Waals surface area contributed by atoms with Gasteiger partial charge in [-0.3, -0.25) is 0 Å². The van der Waals surface area contributed by atoms with Crippen molar-refractivity contribution in [2.75, 3.05) is 0 Å². The number of nitrogens with zero attached hydrogens (tertiary/aromatic N) is 1. The van der Waals surface area contributed by atoms with Crippen molar-refractivity contribution in [1.29, 1.82) is 5.26 Å². The Morgan fingerprint density at radius 2 is 2.09 bits per heavy atom. The molecule has 58 valence electrons. The maximum absolute atomic E-state index is 8.75. The molecule has 0 unspecified atom stereocenters. The third-order valence-corrected chi connectivity index (χ3v) is 4.61. The number of rotatable bonds is 1. The lowest BCUT2D eigenvalue weighted by Gasteiger charge is -2.13. The molecule has 1 nitrogen and oxygen atoms in total. The van der Waals surface area contributed by atoms with Crippen LogP contribution < -0.4 is 5.19 Å². The molecule has 0 N–H and O–H groups in total. The van der Waals surface area contributed by atoms with Gasteiger partial charge in [-0.2, -0.15) is 5.26 Å². The van der Waals surface area contributed by atoms with Gasteiger partial charge in [-0.15, -0.1) is 11.3 Å². The predicted octanol–water partition coefficient (Wildman–Crippen LogP) is 2.16. The lowest BCUT2D eigenvalue weighted by molar-refractivity contribution is 1.52. The summed E-state index contributed by atoms with van der Waals surface area (Å²) in [6.45, 7) is 6.78. The Morgan fingerprint density at radius 1 is 1.45 bits per heavy atom. The van der Waals surface area contributed by atoms with Crippen LogP contribution in [0.15, 0.2) is 11.4 Å². The quantitative estimate of drug-likeness (QED) is 0.609. The van der Waals surface area contributed by atoms with Crippen LogP contribution in [-0.2, 0) is 0 Å². The fourth-order valence-electron chi connectivity index (χ4n) is 0.986. The van der Waals surface area contributed by atoms with E-state index < -0.39 is 8.07 Å². The first-order chi connectivity index (χ1) is 5.05. The Morgan fingerprint density at radius 3 is 2.45 bits per heavy atom. The second-order valence-electron chi connectivity index (χ2n) is 3.53. The highest BCUT2D eigenvalue weighted by Crippen LogP contribution is 2.11. The molecule has 0 saturated carbocycles. The second-order valence-corrected chi connectivity index (χ2v) is 9.48. The largest absolute Gasteiger partial charge is 0.192 e. The van der Waals surface area contributed by atoms with Gasteiger partial charge in [0.05, 0.1) is 8.07 Å². The molecule has 0 atom stereocenters. The summed E-state index contributed by atoms with van der Waals surface area (Å²) in [5.41, 5.74) is 0. The second kappa shape index (κ2) is 2.80. The van der Waals surface area contributed by atoms with Gasteiger partial charge in [0.2, 0.25) is 0 Å². The minimum Gasteiger partial charge on any atom is -0.192 e. The third-order valence-electron chi connectivity index (χ3n) is 1.57. The van der Waals surface area contributed by atoms with E-state index in [1.54, 1.807) is 11.3 Å². The van der Waals surface area contributed by atoms with Crippen LogP contribution in [0.3, 0.4) is 0 Å². The van der Waals surface area contributed by atoms with Crippen molar-refractivity contribution in [2.45, 2.75) is 19.6 Å². The minimum atomic E-state index is -1.26. The minimum absolute atomic E-state index is 0.907. The van der Waals surface area contributed by atoms with Crippen LogP contribution in [-0.4, -0.2) is 8.07 Å². The zero-order chi connectivity index (χ0) is 8.48. The number of hydrogen-bond donors (Lipinski definition) is 0. The first kappa shape index (κ1) is 8.50. The molecule has 0 radical (unpaired) electrons. The van der Waals surface area contributed by atoms with Gasteiger partial charge < -0.3 is 0 Å². The summed E-state index contributed by atoms with van der Waals surface area (Å²) in [4.78, 5) is 0.907. The summed E-state index contributed by atoms with van der Waals surface area (Å²) in [5, 5.41) is 12.1. The summed E-state index contributed by atoms with van der Waals surface area (Å²) in [6.07, 6.45) is 0. The van der Waals surface area contributed by atoms with Crippen LogP contribution in [0.5, 0.6) is 0 Å². The molecule has 0 aliphatic rings. The molecule has 0 aliphatic carbocycles. The van der Waals surface area contributed by atoms with Gasteiger partial charge in [0.25, 0.3) is 0 Å². The fourth-order valence-corrected chi connectivity index (χ4v) is 4.11. The summed E-state index contributed by atoms with van der Waals surface area (Å²) < 4.78 is 0. The highest BCUT2D eigenvalue weighted by atomic mass is 32.1. The smallest absolute Gasteiger partial charge is 0.110 e. The summed E-state index contributed by atoms with van der Waals surface area (Å²) >= 11 is 1.55. The highest BCUT2D eigenvalue weighted by molar-refractivity contribution is 7.13. The van der Waals surface area contributed by atoms with E-state index in [-0.39, 0.29) is 0 Å². The molecule has 3 heteroatoms. The van der Waals surface area contributed by atoms with Crippen molar-refractivity contribution < 1.29 is 0 Å². The van der Waals surface area contributed by atoms with Crippen LogP contribution in [0, 0.1) is 11.3 Å². The average molecular weight is 181 g/mol. The molecule has 1 aromatic heterocycles. The zero-order valence-corrected chi connectivity index (χ0v) is 8.83. The summed E-state index contributed by atoms with van der Waals surface area (Å²) in [6, 6.07) is 4.33. The van der Waals surface area contributed by atoms with Crippen LogP contribution >= 0.6 is 11.3 Å². The van der Waals surface area contributed by atoms with Gasteiger partial charge in [-0.1, -0.05) is 25.7 Å². The average Bonchev–Trinajstić information content (AvgIpc) is 2.31. The number of nitriles is 1. The fraction of sp³-hybridized carbons (Fsp3) is 0.375. The molecule has 0 spiro atoms. The summed E-state index contributed by atoms with van der Waals surface area (Å²) in [7, 11) is -1.26. The van der Waals surface area contributed by atoms with Gasteiger partial charge in [-0.25, -0.2) is 0 Å². The van der Waals surface area contributed by atoms with Crippen LogP contribution in [0.2, 0.25) is 19.6 Å². The van der Waals surface area contributed by atoms with Crippen molar-refractivity contribution in [1.82, 2.24) is 0 Å². The third kappa shape index (κ3) is 1.70. The Labute approximate surface area is 72.3 Å². The molecule has 0 amide bonds.